The molecule has 16 heavy (non-hydrogen) atoms. The molecule has 0 fully saturated rings. The molecule has 2 nitrogen and oxygen atoms in total. The molecule has 0 aliphatic heterocycles. The smallest absolute Gasteiger partial charge is 0.377 e. The minimum absolute atomic E-state index is 0.161. The Labute approximate surface area is 98.6 Å². The summed E-state index contributed by atoms with van der Waals surface area (Å²) in [5.41, 5.74) is 0.643. The molecule has 0 aromatic carbocycles. The van der Waals surface area contributed by atoms with Gasteiger partial charge in [0, 0.05) is 47.8 Å². The van der Waals surface area contributed by atoms with Crippen LogP contribution in [-0.2, 0) is 6.05 Å². The van der Waals surface area contributed by atoms with Crippen molar-refractivity contribution in [3.8, 4) is 0 Å². The SMILES string of the molecule is CN(C)c1cc[n+](C(F)(F)C(F)(F)Br)cc1. The summed E-state index contributed by atoms with van der Waals surface area (Å²) in [6.07, 6.45) is 1.81. The Morgan fingerprint density at radius 3 is 1.88 bits per heavy atom. The van der Waals surface area contributed by atoms with Crippen molar-refractivity contribution in [1.82, 2.24) is 0 Å². The molecule has 1 aromatic heterocycles. The van der Waals surface area contributed by atoms with Crippen LogP contribution in [0.15, 0.2) is 24.5 Å². The van der Waals surface area contributed by atoms with E-state index in [1.165, 1.54) is 12.1 Å². The number of alkyl halides is 5. The molecule has 1 heterocycles. The number of hydrogen-bond donors (Lipinski definition) is 0. The van der Waals surface area contributed by atoms with Crippen molar-refractivity contribution in [2.24, 2.45) is 0 Å². The summed E-state index contributed by atoms with van der Waals surface area (Å²) in [6, 6.07) is -1.66. The third kappa shape index (κ3) is 2.45. The van der Waals surface area contributed by atoms with Gasteiger partial charge in [0.1, 0.15) is 0 Å². The van der Waals surface area contributed by atoms with Gasteiger partial charge < -0.3 is 4.90 Å². The van der Waals surface area contributed by atoms with Gasteiger partial charge in [0.15, 0.2) is 12.4 Å². The molecular weight excluding hydrogens is 292 g/mol. The van der Waals surface area contributed by atoms with Gasteiger partial charge in [0.2, 0.25) is 0 Å². The summed E-state index contributed by atoms with van der Waals surface area (Å²) in [6.45, 7) is 0. The quantitative estimate of drug-likeness (QED) is 0.473. The van der Waals surface area contributed by atoms with E-state index in [9.17, 15) is 17.6 Å². The van der Waals surface area contributed by atoms with Crippen LogP contribution in [0.5, 0.6) is 0 Å². The fourth-order valence-electron chi connectivity index (χ4n) is 1.05. The Balaban J connectivity index is 3.07. The summed E-state index contributed by atoms with van der Waals surface area (Å²) < 4.78 is 51.6. The van der Waals surface area contributed by atoms with E-state index in [1.54, 1.807) is 34.9 Å². The van der Waals surface area contributed by atoms with Crippen molar-refractivity contribution in [2.75, 3.05) is 19.0 Å². The molecule has 0 amide bonds. The van der Waals surface area contributed by atoms with Crippen molar-refractivity contribution in [3.63, 3.8) is 0 Å². The Hall–Kier alpha value is -0.850. The molecule has 0 saturated heterocycles. The Morgan fingerprint density at radius 1 is 1.12 bits per heavy atom. The predicted molar refractivity (Wildman–Crippen MR) is 55.0 cm³/mol. The lowest BCUT2D eigenvalue weighted by Gasteiger charge is -2.16. The molecule has 0 spiro atoms. The minimum atomic E-state index is -4.31. The van der Waals surface area contributed by atoms with E-state index in [0.29, 0.717) is 5.69 Å². The summed E-state index contributed by atoms with van der Waals surface area (Å²) >= 11 is 1.67. The zero-order valence-corrected chi connectivity index (χ0v) is 10.2. The number of halogens is 5. The highest BCUT2D eigenvalue weighted by Crippen LogP contribution is 2.39. The van der Waals surface area contributed by atoms with E-state index < -0.39 is 10.9 Å². The van der Waals surface area contributed by atoms with Crippen molar-refractivity contribution < 1.29 is 22.1 Å². The average Bonchev–Trinajstić information content (AvgIpc) is 2.16. The largest absolute Gasteiger partial charge is 0.538 e. The van der Waals surface area contributed by atoms with Gasteiger partial charge >= 0.3 is 10.9 Å². The molecule has 0 unspecified atom stereocenters. The van der Waals surface area contributed by atoms with Crippen molar-refractivity contribution in [1.29, 1.82) is 0 Å². The van der Waals surface area contributed by atoms with E-state index in [0.717, 1.165) is 12.4 Å². The van der Waals surface area contributed by atoms with Crippen LogP contribution in [0.25, 0.3) is 0 Å². The normalized spacial score (nSPS) is 12.7. The Bertz CT molecular complexity index is 359. The van der Waals surface area contributed by atoms with Gasteiger partial charge in [-0.1, -0.05) is 0 Å². The van der Waals surface area contributed by atoms with Crippen LogP contribution in [0.4, 0.5) is 23.2 Å². The van der Waals surface area contributed by atoms with E-state index >= 15 is 0 Å². The van der Waals surface area contributed by atoms with Gasteiger partial charge in [0.05, 0.1) is 0 Å². The molecule has 1 rings (SSSR count). The number of rotatable bonds is 3. The van der Waals surface area contributed by atoms with Gasteiger partial charge in [-0.15, -0.1) is 13.3 Å². The number of pyridine rings is 1. The third-order valence-corrected chi connectivity index (χ3v) is 2.47. The molecule has 0 atom stereocenters. The first-order chi connectivity index (χ1) is 7.16. The van der Waals surface area contributed by atoms with Gasteiger partial charge in [0.25, 0.3) is 0 Å². The maximum absolute atomic E-state index is 13.1. The predicted octanol–water partition coefficient (Wildman–Crippen LogP) is 2.58. The second kappa shape index (κ2) is 4.20. The second-order valence-electron chi connectivity index (χ2n) is 3.40. The minimum Gasteiger partial charge on any atom is -0.377 e. The summed E-state index contributed by atoms with van der Waals surface area (Å²) in [7, 11) is 3.44. The molecule has 90 valence electrons. The molecular formula is C9H10BrF4N2+. The van der Waals surface area contributed by atoms with E-state index in [2.05, 4.69) is 0 Å². The summed E-state index contributed by atoms with van der Waals surface area (Å²) in [4.78, 5) is -2.61. The second-order valence-corrected chi connectivity index (χ2v) is 4.39. The van der Waals surface area contributed by atoms with Crippen LogP contribution in [-0.4, -0.2) is 18.9 Å². The molecule has 1 aromatic rings. The van der Waals surface area contributed by atoms with Crippen molar-refractivity contribution >= 4 is 21.6 Å². The van der Waals surface area contributed by atoms with Crippen LogP contribution in [0.1, 0.15) is 0 Å². The first-order valence-corrected chi connectivity index (χ1v) is 5.09. The monoisotopic (exact) mass is 301 g/mol. The fourth-order valence-corrected chi connectivity index (χ4v) is 1.26. The molecule has 0 bridgehead atoms. The van der Waals surface area contributed by atoms with Gasteiger partial charge in [-0.3, -0.25) is 0 Å². The number of nitrogens with zero attached hydrogens (tertiary/aromatic N) is 2. The van der Waals surface area contributed by atoms with Crippen LogP contribution >= 0.6 is 15.9 Å². The van der Waals surface area contributed by atoms with E-state index in [4.69, 9.17) is 0 Å². The van der Waals surface area contributed by atoms with Crippen LogP contribution in [0.3, 0.4) is 0 Å². The fraction of sp³-hybridized carbons (Fsp3) is 0.444. The Kier molecular flexibility index (Phi) is 3.47. The first-order valence-electron chi connectivity index (χ1n) is 4.30. The van der Waals surface area contributed by atoms with E-state index in [1.807, 2.05) is 0 Å². The van der Waals surface area contributed by atoms with E-state index in [-0.39, 0.29) is 4.57 Å². The highest BCUT2D eigenvalue weighted by atomic mass is 79.9. The topological polar surface area (TPSA) is 7.12 Å². The molecule has 0 aliphatic carbocycles. The molecule has 0 saturated carbocycles. The van der Waals surface area contributed by atoms with Crippen LogP contribution in [0.2, 0.25) is 0 Å². The zero-order valence-electron chi connectivity index (χ0n) is 8.59. The van der Waals surface area contributed by atoms with Gasteiger partial charge in [-0.2, -0.15) is 8.78 Å². The van der Waals surface area contributed by atoms with Crippen LogP contribution < -0.4 is 9.47 Å². The maximum Gasteiger partial charge on any atom is 0.538 e. The zero-order chi connectivity index (χ0) is 12.6. The number of anilines is 1. The molecule has 0 aliphatic rings. The summed E-state index contributed by atoms with van der Waals surface area (Å²) in [5.74, 6) is 0. The van der Waals surface area contributed by atoms with Crippen LogP contribution in [0, 0.1) is 0 Å². The lowest BCUT2D eigenvalue weighted by molar-refractivity contribution is -0.837. The molecule has 7 heteroatoms. The molecule has 0 radical (unpaired) electrons. The Morgan fingerprint density at radius 2 is 1.56 bits per heavy atom. The highest BCUT2D eigenvalue weighted by Gasteiger charge is 2.64. The lowest BCUT2D eigenvalue weighted by atomic mass is 10.3. The first kappa shape index (κ1) is 13.2. The van der Waals surface area contributed by atoms with Gasteiger partial charge in [-0.05, 0) is 0 Å². The summed E-state index contributed by atoms with van der Waals surface area (Å²) in [5, 5.41) is 0. The molecule has 0 N–H and O–H groups in total. The standard InChI is InChI=1S/C9H10BrF4N2/c1-15(2)7-3-5-16(6-4-7)9(13,14)8(10,11)12/h3-6H,1-2H3/q+1. The number of hydrogen-bond acceptors (Lipinski definition) is 1. The highest BCUT2D eigenvalue weighted by molar-refractivity contribution is 9.10. The van der Waals surface area contributed by atoms with Crippen molar-refractivity contribution in [3.05, 3.63) is 24.5 Å². The maximum atomic E-state index is 13.1. The van der Waals surface area contributed by atoms with Crippen molar-refractivity contribution in [2.45, 2.75) is 10.9 Å². The third-order valence-electron chi connectivity index (χ3n) is 1.99. The average molecular weight is 302 g/mol. The van der Waals surface area contributed by atoms with Gasteiger partial charge in [-0.25, -0.2) is 0 Å². The lowest BCUT2D eigenvalue weighted by Crippen LogP contribution is -2.57. The number of aromatic nitrogens is 1.